The Morgan fingerprint density at radius 1 is 1.11 bits per heavy atom. The fourth-order valence-corrected chi connectivity index (χ4v) is 1.55. The number of fused-ring (bicyclic) bond motifs is 1. The van der Waals surface area contributed by atoms with Gasteiger partial charge in [0.1, 0.15) is 0 Å². The van der Waals surface area contributed by atoms with Crippen molar-refractivity contribution in [3.8, 4) is 0 Å². The summed E-state index contributed by atoms with van der Waals surface area (Å²) in [5.41, 5.74) is 0.549. The number of rotatable bonds is 2. The van der Waals surface area contributed by atoms with Crippen molar-refractivity contribution in [1.82, 2.24) is 0 Å². The zero-order chi connectivity index (χ0) is 13.1. The number of hydrogen-bond donors (Lipinski definition) is 0. The Bertz CT molecular complexity index is 656. The van der Waals surface area contributed by atoms with Crippen molar-refractivity contribution >= 4 is 45.8 Å². The minimum absolute atomic E-state index is 0. The van der Waals surface area contributed by atoms with Crippen LogP contribution >= 0.6 is 0 Å². The van der Waals surface area contributed by atoms with Crippen LogP contribution in [0.4, 0.5) is 0 Å². The number of carbonyl (C=O) groups is 2. The fourth-order valence-electron chi connectivity index (χ4n) is 1.55. The summed E-state index contributed by atoms with van der Waals surface area (Å²) in [6, 6.07) is 12.8. The second-order valence-electron chi connectivity index (χ2n) is 4.02. The van der Waals surface area contributed by atoms with E-state index in [9.17, 15) is 9.59 Å². The molecule has 0 aliphatic carbocycles. The van der Waals surface area contributed by atoms with E-state index in [0.717, 1.165) is 10.8 Å². The number of benzene rings is 2. The molecule has 2 aromatic carbocycles. The summed E-state index contributed by atoms with van der Waals surface area (Å²) < 4.78 is 4.67. The normalized spacial score (nSPS) is 9.53. The summed E-state index contributed by atoms with van der Waals surface area (Å²) in [7, 11) is 0. The molecule has 0 atom stereocenters. The predicted octanol–water partition coefficient (Wildman–Crippen LogP) is 2.94. The summed E-state index contributed by atoms with van der Waals surface area (Å²) in [6.07, 6.45) is 0. The van der Waals surface area contributed by atoms with Gasteiger partial charge in [0.25, 0.3) is 0 Å². The van der Waals surface area contributed by atoms with Crippen molar-refractivity contribution in [3.63, 3.8) is 0 Å². The second kappa shape index (κ2) is 6.49. The third-order valence-corrected chi connectivity index (χ3v) is 2.52. The molecule has 0 radical (unpaired) electrons. The van der Waals surface area contributed by atoms with Gasteiger partial charge in [0.15, 0.2) is 0 Å². The average Bonchev–Trinajstić information content (AvgIpc) is 2.37. The minimum Gasteiger partial charge on any atom is -1.00 e. The molecule has 0 fully saturated rings. The molecule has 0 bridgehead atoms. The van der Waals surface area contributed by atoms with Crippen LogP contribution in [0.25, 0.3) is 10.8 Å². The Balaban J connectivity index is 0. The third-order valence-electron chi connectivity index (χ3n) is 2.52. The summed E-state index contributed by atoms with van der Waals surface area (Å²) in [4.78, 5) is 23.0. The first-order chi connectivity index (χ1) is 8.58. The molecule has 2 aromatic rings. The van der Waals surface area contributed by atoms with E-state index in [2.05, 4.69) is 11.3 Å². The van der Waals surface area contributed by atoms with Gasteiger partial charge >= 0.3 is 35.0 Å². The van der Waals surface area contributed by atoms with Crippen molar-refractivity contribution in [2.75, 3.05) is 0 Å². The predicted molar refractivity (Wildman–Crippen MR) is 77.2 cm³/mol. The maximum atomic E-state index is 11.7. The van der Waals surface area contributed by atoms with Crippen LogP contribution in [0.5, 0.6) is 0 Å². The van der Waals surface area contributed by atoms with Gasteiger partial charge in [-0.15, -0.1) is 0 Å². The molecule has 0 N–H and O–H groups in total. The van der Waals surface area contributed by atoms with Gasteiger partial charge in [-0.05, 0) is 29.8 Å². The Labute approximate surface area is 130 Å². The maximum absolute atomic E-state index is 11.7. The zero-order valence-electron chi connectivity index (χ0n) is 12.7. The van der Waals surface area contributed by atoms with Crippen molar-refractivity contribution in [3.05, 3.63) is 60.2 Å². The average molecular weight is 267 g/mol. The smallest absolute Gasteiger partial charge is 1.00 e. The zero-order valence-corrected chi connectivity index (χ0v) is 12.1. The van der Waals surface area contributed by atoms with E-state index >= 15 is 0 Å². The molecular weight excluding hydrogens is 252 g/mol. The van der Waals surface area contributed by atoms with Gasteiger partial charge in [-0.2, -0.15) is 0 Å². The molecule has 0 aromatic heterocycles. The molecule has 4 heteroatoms. The third kappa shape index (κ3) is 3.65. The van der Waals surface area contributed by atoms with E-state index in [4.69, 9.17) is 0 Å². The van der Waals surface area contributed by atoms with E-state index in [1.807, 2.05) is 30.3 Å². The van der Waals surface area contributed by atoms with Crippen LogP contribution < -0.4 is 0 Å². The van der Waals surface area contributed by atoms with Gasteiger partial charge < -0.3 is 7.59 Å². The molecule has 2 rings (SSSR count). The van der Waals surface area contributed by atoms with Crippen LogP contribution in [0.15, 0.2) is 54.6 Å². The summed E-state index contributed by atoms with van der Waals surface area (Å²) in [5.74, 6) is -1.36. The second-order valence-corrected chi connectivity index (χ2v) is 4.02. The minimum atomic E-state index is -0.701. The van der Waals surface area contributed by atoms with Crippen LogP contribution in [0.3, 0.4) is 0 Å². The number of carbonyl (C=O) groups excluding carboxylic acids is 2. The number of ether oxygens (including phenoxy) is 1. The number of hydrogen-bond acceptors (Lipinski definition) is 3. The van der Waals surface area contributed by atoms with Crippen LogP contribution in [-0.4, -0.2) is 35.0 Å². The first-order valence-corrected chi connectivity index (χ1v) is 5.49. The Hall–Kier alpha value is -1.65. The van der Waals surface area contributed by atoms with Crippen molar-refractivity contribution < 1.29 is 17.2 Å². The first kappa shape index (κ1) is 15.4. The van der Waals surface area contributed by atoms with E-state index in [-0.39, 0.29) is 31.5 Å². The monoisotopic (exact) mass is 266 g/mol. The summed E-state index contributed by atoms with van der Waals surface area (Å²) in [5, 5.41) is 1.95. The van der Waals surface area contributed by atoms with Gasteiger partial charge in [0.05, 0.1) is 5.56 Å². The molecular formula is C15H14MgO3. The van der Waals surface area contributed by atoms with Gasteiger partial charge in [0, 0.05) is 5.57 Å². The van der Waals surface area contributed by atoms with E-state index in [1.165, 1.54) is 6.92 Å². The quantitative estimate of drug-likeness (QED) is 0.363. The van der Waals surface area contributed by atoms with Crippen LogP contribution in [0, 0.1) is 0 Å². The first-order valence-electron chi connectivity index (χ1n) is 5.49. The van der Waals surface area contributed by atoms with Gasteiger partial charge in [0.2, 0.25) is 0 Å². The van der Waals surface area contributed by atoms with Crippen LogP contribution in [0.1, 0.15) is 20.1 Å². The van der Waals surface area contributed by atoms with Gasteiger partial charge in [-0.3, -0.25) is 0 Å². The summed E-state index contributed by atoms with van der Waals surface area (Å²) in [6.45, 7) is 4.92. The van der Waals surface area contributed by atoms with E-state index < -0.39 is 11.9 Å². The molecule has 0 amide bonds. The largest absolute Gasteiger partial charge is 2.00 e. The van der Waals surface area contributed by atoms with Gasteiger partial charge in [-0.25, -0.2) is 9.59 Å². The van der Waals surface area contributed by atoms with Crippen LogP contribution in [0.2, 0.25) is 0 Å². The Kier molecular flexibility index (Phi) is 5.27. The molecule has 94 valence electrons. The molecule has 3 nitrogen and oxygen atoms in total. The van der Waals surface area contributed by atoms with E-state index in [0.29, 0.717) is 5.56 Å². The van der Waals surface area contributed by atoms with Crippen molar-refractivity contribution in [2.24, 2.45) is 0 Å². The number of esters is 2. The van der Waals surface area contributed by atoms with Crippen molar-refractivity contribution in [1.29, 1.82) is 0 Å². The van der Waals surface area contributed by atoms with Gasteiger partial charge in [-0.1, -0.05) is 36.9 Å². The van der Waals surface area contributed by atoms with Crippen molar-refractivity contribution in [2.45, 2.75) is 6.92 Å². The standard InChI is InChI=1S/C15H12O3.Mg.2H/c1-10(2)14(16)18-15(17)13-8-7-11-5-3-4-6-12(11)9-13;;;/h3-9H,1H2,2H3;;;/q;+2;2*-1. The Morgan fingerprint density at radius 3 is 2.37 bits per heavy atom. The molecule has 0 heterocycles. The summed E-state index contributed by atoms with van der Waals surface area (Å²) >= 11 is 0. The fraction of sp³-hybridized carbons (Fsp3) is 0.0667. The molecule has 0 saturated carbocycles. The molecule has 0 aliphatic rings. The molecule has 0 aliphatic heterocycles. The molecule has 19 heavy (non-hydrogen) atoms. The topological polar surface area (TPSA) is 43.4 Å². The molecule has 0 saturated heterocycles. The van der Waals surface area contributed by atoms with Crippen LogP contribution in [-0.2, 0) is 9.53 Å². The maximum Gasteiger partial charge on any atom is 2.00 e. The SMILES string of the molecule is C=C(C)C(=O)OC(=O)c1ccc2ccccc2c1.[H-].[H-].[Mg+2]. The molecule has 0 unspecified atom stereocenters. The molecule has 0 spiro atoms. The Morgan fingerprint density at radius 2 is 1.74 bits per heavy atom. The van der Waals surface area contributed by atoms with E-state index in [1.54, 1.807) is 12.1 Å².